The molecule has 0 aliphatic carbocycles. The van der Waals surface area contributed by atoms with Gasteiger partial charge in [-0.05, 0) is 44.5 Å². The summed E-state index contributed by atoms with van der Waals surface area (Å²) in [5.41, 5.74) is 0. The Morgan fingerprint density at radius 3 is 2.47 bits per heavy atom. The molecule has 3 aliphatic rings. The van der Waals surface area contributed by atoms with Gasteiger partial charge in [-0.2, -0.15) is 0 Å². The van der Waals surface area contributed by atoms with Crippen LogP contribution in [0.1, 0.15) is 37.5 Å². The third-order valence-electron chi connectivity index (χ3n) is 6.89. The molecule has 182 valence electrons. The highest BCUT2D eigenvalue weighted by Gasteiger charge is 2.32. The monoisotopic (exact) mass is 561 g/mol. The van der Waals surface area contributed by atoms with Crippen LogP contribution in [0.15, 0.2) is 27.8 Å². The van der Waals surface area contributed by atoms with Crippen molar-refractivity contribution in [2.24, 2.45) is 10.9 Å². The number of guanidine groups is 1. The Hall–Kier alpha value is -0.880. The van der Waals surface area contributed by atoms with Gasteiger partial charge in [0.15, 0.2) is 5.96 Å². The van der Waals surface area contributed by atoms with E-state index in [0.717, 1.165) is 83.8 Å². The second kappa shape index (κ2) is 13.7. The average Bonchev–Trinajstić information content (AvgIpc) is 3.54. The van der Waals surface area contributed by atoms with Crippen molar-refractivity contribution in [2.45, 2.75) is 37.8 Å². The summed E-state index contributed by atoms with van der Waals surface area (Å²) < 4.78 is 17.1. The summed E-state index contributed by atoms with van der Waals surface area (Å²) in [7, 11) is 1.85. The number of morpholine rings is 1. The van der Waals surface area contributed by atoms with Crippen molar-refractivity contribution in [1.82, 2.24) is 20.4 Å². The molecule has 3 atom stereocenters. The number of furan rings is 1. The molecular formula is C23H40IN5O3. The van der Waals surface area contributed by atoms with Crippen molar-refractivity contribution >= 4 is 29.9 Å². The lowest BCUT2D eigenvalue weighted by Crippen LogP contribution is -2.54. The molecule has 0 saturated carbocycles. The first-order valence-corrected chi connectivity index (χ1v) is 12.0. The molecule has 4 rings (SSSR count). The third kappa shape index (κ3) is 7.06. The van der Waals surface area contributed by atoms with Gasteiger partial charge in [-0.1, -0.05) is 6.42 Å². The number of hydrogen-bond acceptors (Lipinski definition) is 6. The Balaban J connectivity index is 0.00000289. The van der Waals surface area contributed by atoms with Gasteiger partial charge in [-0.25, -0.2) is 0 Å². The van der Waals surface area contributed by atoms with E-state index in [4.69, 9.17) is 13.9 Å². The van der Waals surface area contributed by atoms with Crippen molar-refractivity contribution in [1.29, 1.82) is 0 Å². The Kier molecular flexibility index (Phi) is 11.0. The summed E-state index contributed by atoms with van der Waals surface area (Å²) in [5, 5.41) is 7.17. The Bertz CT molecular complexity index is 657. The Morgan fingerprint density at radius 1 is 1.03 bits per heavy atom. The normalized spacial score (nSPS) is 25.2. The summed E-state index contributed by atoms with van der Waals surface area (Å²) in [6.45, 7) is 9.24. The molecule has 3 saturated heterocycles. The van der Waals surface area contributed by atoms with Crippen molar-refractivity contribution in [2.75, 3.05) is 72.7 Å². The van der Waals surface area contributed by atoms with Gasteiger partial charge >= 0.3 is 0 Å². The van der Waals surface area contributed by atoms with E-state index in [-0.39, 0.29) is 30.0 Å². The largest absolute Gasteiger partial charge is 0.468 e. The number of aliphatic imine (C=N–C) groups is 1. The lowest BCUT2D eigenvalue weighted by atomic mass is 9.97. The van der Waals surface area contributed by atoms with E-state index in [9.17, 15) is 0 Å². The highest BCUT2D eigenvalue weighted by Crippen LogP contribution is 2.25. The van der Waals surface area contributed by atoms with E-state index >= 15 is 0 Å². The molecular weight excluding hydrogens is 521 g/mol. The summed E-state index contributed by atoms with van der Waals surface area (Å²) in [4.78, 5) is 9.60. The second-order valence-corrected chi connectivity index (χ2v) is 8.80. The van der Waals surface area contributed by atoms with Crippen LogP contribution >= 0.6 is 24.0 Å². The maximum atomic E-state index is 5.79. The Labute approximate surface area is 209 Å². The van der Waals surface area contributed by atoms with Gasteiger partial charge in [0.05, 0.1) is 32.1 Å². The first-order chi connectivity index (χ1) is 15.3. The summed E-state index contributed by atoms with van der Waals surface area (Å²) in [5.74, 6) is 2.44. The maximum absolute atomic E-state index is 5.79. The predicted molar refractivity (Wildman–Crippen MR) is 137 cm³/mol. The molecule has 0 bridgehead atoms. The quantitative estimate of drug-likeness (QED) is 0.287. The highest BCUT2D eigenvalue weighted by atomic mass is 127. The van der Waals surface area contributed by atoms with E-state index in [1.54, 1.807) is 6.26 Å². The second-order valence-electron chi connectivity index (χ2n) is 8.80. The molecule has 0 aromatic carbocycles. The number of ether oxygens (including phenoxy) is 2. The van der Waals surface area contributed by atoms with Crippen LogP contribution < -0.4 is 10.6 Å². The van der Waals surface area contributed by atoms with Crippen LogP contribution in [0.5, 0.6) is 0 Å². The minimum absolute atomic E-state index is 0. The number of rotatable bonds is 8. The van der Waals surface area contributed by atoms with E-state index in [1.165, 1.54) is 19.3 Å². The van der Waals surface area contributed by atoms with Gasteiger partial charge in [0.2, 0.25) is 0 Å². The van der Waals surface area contributed by atoms with Gasteiger partial charge in [-0.3, -0.25) is 14.8 Å². The minimum atomic E-state index is 0. The van der Waals surface area contributed by atoms with Crippen LogP contribution in [0.2, 0.25) is 0 Å². The summed E-state index contributed by atoms with van der Waals surface area (Å²) in [6, 6.07) is 4.74. The highest BCUT2D eigenvalue weighted by molar-refractivity contribution is 14.0. The molecule has 0 radical (unpaired) electrons. The van der Waals surface area contributed by atoms with Gasteiger partial charge in [0, 0.05) is 51.8 Å². The lowest BCUT2D eigenvalue weighted by Gasteiger charge is -2.38. The number of likely N-dealkylation sites (tertiary alicyclic amines) is 1. The zero-order valence-electron chi connectivity index (χ0n) is 19.3. The van der Waals surface area contributed by atoms with Crippen molar-refractivity contribution in [3.63, 3.8) is 0 Å². The van der Waals surface area contributed by atoms with E-state index < -0.39 is 0 Å². The van der Waals surface area contributed by atoms with Crippen LogP contribution in [-0.2, 0) is 9.47 Å². The number of hydrogen-bond donors (Lipinski definition) is 2. The molecule has 3 aliphatic heterocycles. The van der Waals surface area contributed by atoms with E-state index in [0.29, 0.717) is 12.0 Å². The molecule has 0 spiro atoms. The zero-order valence-corrected chi connectivity index (χ0v) is 21.7. The molecule has 1 aromatic heterocycles. The zero-order chi connectivity index (χ0) is 21.3. The van der Waals surface area contributed by atoms with Crippen molar-refractivity contribution < 1.29 is 13.9 Å². The van der Waals surface area contributed by atoms with Gasteiger partial charge in [0.25, 0.3) is 0 Å². The number of nitrogens with zero attached hydrogens (tertiary/aromatic N) is 3. The van der Waals surface area contributed by atoms with Crippen LogP contribution in [0.4, 0.5) is 0 Å². The fourth-order valence-corrected chi connectivity index (χ4v) is 5.09. The fraction of sp³-hybridized carbons (Fsp3) is 0.783. The van der Waals surface area contributed by atoms with Crippen LogP contribution in [0, 0.1) is 5.92 Å². The van der Waals surface area contributed by atoms with E-state index in [2.05, 4.69) is 31.5 Å². The minimum Gasteiger partial charge on any atom is -0.468 e. The van der Waals surface area contributed by atoms with Gasteiger partial charge < -0.3 is 24.5 Å². The molecule has 3 unspecified atom stereocenters. The predicted octanol–water partition coefficient (Wildman–Crippen LogP) is 2.33. The molecule has 4 heterocycles. The van der Waals surface area contributed by atoms with E-state index in [1.807, 2.05) is 13.1 Å². The third-order valence-corrected chi connectivity index (χ3v) is 6.89. The van der Waals surface area contributed by atoms with Crippen LogP contribution in [0.25, 0.3) is 0 Å². The number of nitrogens with one attached hydrogen (secondary N) is 2. The van der Waals surface area contributed by atoms with Gasteiger partial charge in [-0.15, -0.1) is 24.0 Å². The number of halogens is 1. The standard InChI is InChI=1S/C23H39N5O3.HI/c1-24-23(25-16-20(19-7-13-30-18-19)28-10-14-29-15-11-28)26-17-21(22-6-5-12-31-22)27-8-3-2-4-9-27;/h5-6,12,19-21H,2-4,7-11,13-18H2,1H3,(H2,24,25,26);1H. The first-order valence-electron chi connectivity index (χ1n) is 12.0. The lowest BCUT2D eigenvalue weighted by molar-refractivity contribution is 0.00246. The fourth-order valence-electron chi connectivity index (χ4n) is 5.09. The van der Waals surface area contributed by atoms with Crippen molar-refractivity contribution in [3.05, 3.63) is 24.2 Å². The molecule has 2 N–H and O–H groups in total. The van der Waals surface area contributed by atoms with Crippen LogP contribution in [-0.4, -0.2) is 94.5 Å². The molecule has 9 heteroatoms. The SMILES string of the molecule is CN=C(NCC(c1ccco1)N1CCCCC1)NCC(C1CCOC1)N1CCOCC1.I. The number of piperidine rings is 1. The Morgan fingerprint density at radius 2 is 1.81 bits per heavy atom. The molecule has 32 heavy (non-hydrogen) atoms. The van der Waals surface area contributed by atoms with Crippen LogP contribution in [0.3, 0.4) is 0 Å². The molecule has 0 amide bonds. The van der Waals surface area contributed by atoms with Crippen molar-refractivity contribution in [3.8, 4) is 0 Å². The molecule has 3 fully saturated rings. The molecule has 1 aromatic rings. The summed E-state index contributed by atoms with van der Waals surface area (Å²) in [6.07, 6.45) is 6.75. The smallest absolute Gasteiger partial charge is 0.191 e. The maximum Gasteiger partial charge on any atom is 0.191 e. The molecule has 8 nitrogen and oxygen atoms in total. The average molecular weight is 562 g/mol. The first kappa shape index (κ1) is 25.7. The van der Waals surface area contributed by atoms with Gasteiger partial charge in [0.1, 0.15) is 5.76 Å². The summed E-state index contributed by atoms with van der Waals surface area (Å²) >= 11 is 0. The topological polar surface area (TPSA) is 74.5 Å².